The number of rotatable bonds is 4. The van der Waals surface area contributed by atoms with Crippen LogP contribution in [-0.2, 0) is 23.6 Å². The summed E-state index contributed by atoms with van der Waals surface area (Å²) in [5.41, 5.74) is 2.07. The van der Waals surface area contributed by atoms with Crippen molar-refractivity contribution >= 4 is 10.0 Å². The van der Waals surface area contributed by atoms with Crippen LogP contribution in [0.3, 0.4) is 0 Å². The fourth-order valence-electron chi connectivity index (χ4n) is 1.99. The van der Waals surface area contributed by atoms with E-state index in [1.54, 1.807) is 25.6 Å². The molecule has 0 unspecified atom stereocenters. The highest BCUT2D eigenvalue weighted by molar-refractivity contribution is 7.89. The van der Waals surface area contributed by atoms with Crippen LogP contribution in [-0.4, -0.2) is 18.2 Å². The van der Waals surface area contributed by atoms with Gasteiger partial charge in [0, 0.05) is 13.6 Å². The Balaban J connectivity index is 2.24. The van der Waals surface area contributed by atoms with E-state index in [1.165, 1.54) is 0 Å². The monoisotopic (exact) mass is 279 g/mol. The van der Waals surface area contributed by atoms with Crippen LogP contribution in [0.2, 0.25) is 0 Å². The first-order chi connectivity index (χ1) is 8.92. The van der Waals surface area contributed by atoms with Gasteiger partial charge in [0.15, 0.2) is 0 Å². The van der Waals surface area contributed by atoms with Gasteiger partial charge in [-0.25, -0.2) is 13.1 Å². The van der Waals surface area contributed by atoms with Crippen LogP contribution in [0.1, 0.15) is 17.0 Å². The molecular formula is C13H17N3O2S. The predicted octanol–water partition coefficient (Wildman–Crippen LogP) is 1.52. The molecule has 1 aromatic carbocycles. The van der Waals surface area contributed by atoms with Crippen LogP contribution >= 0.6 is 0 Å². The highest BCUT2D eigenvalue weighted by Crippen LogP contribution is 2.18. The standard InChI is InChI=1S/C13H17N3O2S/c1-10-13(11(2)16(3)15-10)19(17,18)14-9-12-7-5-4-6-8-12/h4-8,14H,9H2,1-3H3. The van der Waals surface area contributed by atoms with E-state index in [4.69, 9.17) is 0 Å². The van der Waals surface area contributed by atoms with Crippen molar-refractivity contribution in [3.05, 3.63) is 47.3 Å². The summed E-state index contributed by atoms with van der Waals surface area (Å²) >= 11 is 0. The molecule has 0 bridgehead atoms. The van der Waals surface area contributed by atoms with E-state index in [1.807, 2.05) is 30.3 Å². The summed E-state index contributed by atoms with van der Waals surface area (Å²) < 4.78 is 28.8. The van der Waals surface area contributed by atoms with Crippen molar-refractivity contribution in [1.29, 1.82) is 0 Å². The second-order valence-corrected chi connectivity index (χ2v) is 6.14. The van der Waals surface area contributed by atoms with Crippen molar-refractivity contribution in [2.45, 2.75) is 25.3 Å². The van der Waals surface area contributed by atoms with Gasteiger partial charge in [-0.2, -0.15) is 5.10 Å². The van der Waals surface area contributed by atoms with Crippen molar-refractivity contribution in [2.75, 3.05) is 0 Å². The Morgan fingerprint density at radius 2 is 1.84 bits per heavy atom. The minimum Gasteiger partial charge on any atom is -0.271 e. The van der Waals surface area contributed by atoms with Gasteiger partial charge in [0.05, 0.1) is 11.4 Å². The molecule has 1 heterocycles. The van der Waals surface area contributed by atoms with Gasteiger partial charge in [0.2, 0.25) is 10.0 Å². The van der Waals surface area contributed by atoms with Crippen LogP contribution < -0.4 is 4.72 Å². The Morgan fingerprint density at radius 1 is 1.21 bits per heavy atom. The summed E-state index contributed by atoms with van der Waals surface area (Å²) in [6, 6.07) is 9.42. The van der Waals surface area contributed by atoms with Crippen molar-refractivity contribution in [3.63, 3.8) is 0 Å². The zero-order valence-electron chi connectivity index (χ0n) is 11.2. The predicted molar refractivity (Wildman–Crippen MR) is 73.1 cm³/mol. The second kappa shape index (κ2) is 5.14. The maximum absolute atomic E-state index is 12.3. The maximum atomic E-state index is 12.3. The number of benzene rings is 1. The lowest BCUT2D eigenvalue weighted by Crippen LogP contribution is -2.24. The SMILES string of the molecule is Cc1nn(C)c(C)c1S(=O)(=O)NCc1ccccc1. The van der Waals surface area contributed by atoms with Gasteiger partial charge in [0.1, 0.15) is 4.90 Å². The number of aryl methyl sites for hydroxylation is 2. The smallest absolute Gasteiger partial charge is 0.244 e. The van der Waals surface area contributed by atoms with Crippen LogP contribution in [0.4, 0.5) is 0 Å². The molecule has 5 nitrogen and oxygen atoms in total. The number of sulfonamides is 1. The summed E-state index contributed by atoms with van der Waals surface area (Å²) in [5, 5.41) is 4.13. The summed E-state index contributed by atoms with van der Waals surface area (Å²) in [6.07, 6.45) is 0. The Labute approximate surface area is 113 Å². The van der Waals surface area contributed by atoms with E-state index in [0.717, 1.165) is 5.56 Å². The molecule has 2 rings (SSSR count). The van der Waals surface area contributed by atoms with Gasteiger partial charge in [-0.3, -0.25) is 4.68 Å². The lowest BCUT2D eigenvalue weighted by atomic mass is 10.2. The van der Waals surface area contributed by atoms with Gasteiger partial charge in [-0.1, -0.05) is 30.3 Å². The van der Waals surface area contributed by atoms with E-state index >= 15 is 0 Å². The van der Waals surface area contributed by atoms with E-state index in [2.05, 4.69) is 9.82 Å². The summed E-state index contributed by atoms with van der Waals surface area (Å²) in [5.74, 6) is 0. The zero-order chi connectivity index (χ0) is 14.0. The number of nitrogens with zero attached hydrogens (tertiary/aromatic N) is 2. The highest BCUT2D eigenvalue weighted by atomic mass is 32.2. The lowest BCUT2D eigenvalue weighted by molar-refractivity contribution is 0.579. The minimum absolute atomic E-state index is 0.269. The van der Waals surface area contributed by atoms with E-state index in [9.17, 15) is 8.42 Å². The summed E-state index contributed by atoms with van der Waals surface area (Å²) in [6.45, 7) is 3.72. The van der Waals surface area contributed by atoms with Crippen molar-refractivity contribution in [3.8, 4) is 0 Å². The molecule has 19 heavy (non-hydrogen) atoms. The molecule has 0 atom stereocenters. The highest BCUT2D eigenvalue weighted by Gasteiger charge is 2.23. The average Bonchev–Trinajstić information content (AvgIpc) is 2.63. The quantitative estimate of drug-likeness (QED) is 0.922. The largest absolute Gasteiger partial charge is 0.271 e. The Bertz CT molecular complexity index is 675. The normalized spacial score (nSPS) is 11.7. The second-order valence-electron chi connectivity index (χ2n) is 4.43. The molecule has 102 valence electrons. The molecule has 0 fully saturated rings. The molecule has 0 aliphatic rings. The van der Waals surface area contributed by atoms with Gasteiger partial charge in [-0.05, 0) is 19.4 Å². The minimum atomic E-state index is -3.53. The first-order valence-corrected chi connectivity index (χ1v) is 7.44. The van der Waals surface area contributed by atoms with Crippen molar-refractivity contribution in [1.82, 2.24) is 14.5 Å². The molecule has 0 aliphatic carbocycles. The molecule has 0 aliphatic heterocycles. The van der Waals surface area contributed by atoms with Crippen LogP contribution in [0.5, 0.6) is 0 Å². The average molecular weight is 279 g/mol. The Kier molecular flexibility index (Phi) is 3.73. The molecule has 0 radical (unpaired) electrons. The van der Waals surface area contributed by atoms with Gasteiger partial charge in [0.25, 0.3) is 0 Å². The van der Waals surface area contributed by atoms with E-state index in [-0.39, 0.29) is 11.4 Å². The van der Waals surface area contributed by atoms with Crippen LogP contribution in [0.15, 0.2) is 35.2 Å². The van der Waals surface area contributed by atoms with E-state index < -0.39 is 10.0 Å². The van der Waals surface area contributed by atoms with Crippen LogP contribution in [0.25, 0.3) is 0 Å². The number of hydrogen-bond donors (Lipinski definition) is 1. The summed E-state index contributed by atoms with van der Waals surface area (Å²) in [7, 11) is -1.80. The third kappa shape index (κ3) is 2.85. The molecule has 0 saturated heterocycles. The third-order valence-electron chi connectivity index (χ3n) is 3.02. The molecule has 0 spiro atoms. The number of aromatic nitrogens is 2. The molecule has 0 saturated carbocycles. The van der Waals surface area contributed by atoms with Crippen molar-refractivity contribution in [2.24, 2.45) is 7.05 Å². The number of hydrogen-bond acceptors (Lipinski definition) is 3. The van der Waals surface area contributed by atoms with Crippen molar-refractivity contribution < 1.29 is 8.42 Å². The first kappa shape index (κ1) is 13.8. The molecule has 1 aromatic heterocycles. The van der Waals surface area contributed by atoms with Gasteiger partial charge < -0.3 is 0 Å². The van der Waals surface area contributed by atoms with Gasteiger partial charge in [-0.15, -0.1) is 0 Å². The molecule has 6 heteroatoms. The summed E-state index contributed by atoms with van der Waals surface area (Å²) in [4.78, 5) is 0.269. The molecule has 0 amide bonds. The molecule has 2 aromatic rings. The molecule has 1 N–H and O–H groups in total. The maximum Gasteiger partial charge on any atom is 0.244 e. The Morgan fingerprint density at radius 3 is 2.37 bits per heavy atom. The van der Waals surface area contributed by atoms with Crippen LogP contribution in [0, 0.1) is 13.8 Å². The van der Waals surface area contributed by atoms with Gasteiger partial charge >= 0.3 is 0 Å². The Hall–Kier alpha value is -1.66. The lowest BCUT2D eigenvalue weighted by Gasteiger charge is -2.07. The zero-order valence-corrected chi connectivity index (χ0v) is 12.0. The fraction of sp³-hybridized carbons (Fsp3) is 0.308. The fourth-order valence-corrected chi connectivity index (χ4v) is 3.44. The van der Waals surface area contributed by atoms with E-state index in [0.29, 0.717) is 11.4 Å². The third-order valence-corrected chi connectivity index (χ3v) is 4.67. The topological polar surface area (TPSA) is 64.0 Å². The first-order valence-electron chi connectivity index (χ1n) is 5.95. The number of nitrogens with one attached hydrogen (secondary N) is 1. The molecular weight excluding hydrogens is 262 g/mol.